The molecule has 1 aromatic carbocycles. The lowest BCUT2D eigenvalue weighted by Crippen LogP contribution is -2.11. The van der Waals surface area contributed by atoms with E-state index in [2.05, 4.69) is 21.0 Å². The minimum absolute atomic E-state index is 0.121. The summed E-state index contributed by atoms with van der Waals surface area (Å²) in [4.78, 5) is 0. The molecule has 0 aliphatic rings. The Labute approximate surface area is 130 Å². The van der Waals surface area contributed by atoms with Gasteiger partial charge in [-0.25, -0.2) is 8.78 Å². The lowest BCUT2D eigenvalue weighted by atomic mass is 10.0. The molecule has 3 nitrogen and oxygen atoms in total. The van der Waals surface area contributed by atoms with Crippen molar-refractivity contribution >= 4 is 15.9 Å². The van der Waals surface area contributed by atoms with Crippen molar-refractivity contribution < 1.29 is 13.9 Å². The molecule has 0 fully saturated rings. The van der Waals surface area contributed by atoms with E-state index in [1.54, 1.807) is 4.68 Å². The second kappa shape index (κ2) is 6.66. The number of benzene rings is 1. The molecule has 2 rings (SSSR count). The number of halogens is 3. The molecule has 1 aromatic heterocycles. The van der Waals surface area contributed by atoms with Crippen molar-refractivity contribution in [1.82, 2.24) is 9.78 Å². The molecule has 0 saturated heterocycles. The molecule has 1 unspecified atom stereocenters. The summed E-state index contributed by atoms with van der Waals surface area (Å²) < 4.78 is 29.8. The fourth-order valence-electron chi connectivity index (χ4n) is 2.30. The molecule has 1 atom stereocenters. The van der Waals surface area contributed by atoms with E-state index >= 15 is 0 Å². The van der Waals surface area contributed by atoms with Crippen LogP contribution in [-0.2, 0) is 19.4 Å². The summed E-state index contributed by atoms with van der Waals surface area (Å²) in [5, 5.41) is 14.6. The zero-order valence-corrected chi connectivity index (χ0v) is 13.5. The number of hydrogen-bond donors (Lipinski definition) is 1. The minimum atomic E-state index is -1.25. The lowest BCUT2D eigenvalue weighted by Gasteiger charge is -2.14. The van der Waals surface area contributed by atoms with Gasteiger partial charge in [-0.1, -0.05) is 22.9 Å². The van der Waals surface area contributed by atoms with Crippen LogP contribution in [-0.4, -0.2) is 14.9 Å². The van der Waals surface area contributed by atoms with E-state index in [0.717, 1.165) is 29.9 Å². The van der Waals surface area contributed by atoms with Crippen molar-refractivity contribution in [3.63, 3.8) is 0 Å². The molecule has 2 aromatic rings. The van der Waals surface area contributed by atoms with Crippen LogP contribution in [0.1, 0.15) is 36.9 Å². The van der Waals surface area contributed by atoms with Crippen molar-refractivity contribution in [3.8, 4) is 0 Å². The molecule has 21 heavy (non-hydrogen) atoms. The fourth-order valence-corrected chi connectivity index (χ4v) is 2.70. The van der Waals surface area contributed by atoms with Crippen molar-refractivity contribution in [2.24, 2.45) is 0 Å². The molecule has 0 saturated carbocycles. The van der Waals surface area contributed by atoms with Crippen LogP contribution < -0.4 is 0 Å². The number of nitrogens with zero attached hydrogens (tertiary/aromatic N) is 2. The number of aryl methyl sites for hydroxylation is 2. The molecule has 1 N–H and O–H groups in total. The first-order chi connectivity index (χ1) is 9.96. The Balaban J connectivity index is 2.30. The van der Waals surface area contributed by atoms with Gasteiger partial charge in [0.2, 0.25) is 0 Å². The Bertz CT molecular complexity index is 620. The maximum absolute atomic E-state index is 13.9. The third-order valence-electron chi connectivity index (χ3n) is 3.36. The highest BCUT2D eigenvalue weighted by Gasteiger charge is 2.21. The Hall–Kier alpha value is -1.27. The predicted molar refractivity (Wildman–Crippen MR) is 80.0 cm³/mol. The van der Waals surface area contributed by atoms with Crippen molar-refractivity contribution in [3.05, 3.63) is 51.3 Å². The number of aromatic nitrogens is 2. The van der Waals surface area contributed by atoms with Crippen molar-refractivity contribution in [2.45, 2.75) is 39.3 Å². The van der Waals surface area contributed by atoms with Gasteiger partial charge in [0.1, 0.15) is 11.6 Å². The Morgan fingerprint density at radius 3 is 2.38 bits per heavy atom. The van der Waals surface area contributed by atoms with Gasteiger partial charge in [0.05, 0.1) is 17.4 Å². The van der Waals surface area contributed by atoms with Gasteiger partial charge in [-0.2, -0.15) is 5.10 Å². The highest BCUT2D eigenvalue weighted by atomic mass is 79.9. The van der Waals surface area contributed by atoms with Crippen LogP contribution in [0.5, 0.6) is 0 Å². The molecular weight excluding hydrogens is 342 g/mol. The minimum Gasteiger partial charge on any atom is -0.388 e. The van der Waals surface area contributed by atoms with E-state index in [1.165, 1.54) is 0 Å². The normalized spacial score (nSPS) is 12.7. The summed E-state index contributed by atoms with van der Waals surface area (Å²) in [6.45, 7) is 4.56. The molecule has 0 amide bonds. The van der Waals surface area contributed by atoms with Gasteiger partial charge in [0.25, 0.3) is 0 Å². The molecule has 1 heterocycles. The zero-order chi connectivity index (χ0) is 15.6. The first-order valence-corrected chi connectivity index (χ1v) is 7.63. The molecule has 0 aliphatic carbocycles. The SMILES string of the molecule is CCc1cc(CC(O)c2c(F)cc(Br)cc2F)n(CC)n1. The smallest absolute Gasteiger partial charge is 0.133 e. The molecule has 0 aliphatic heterocycles. The molecular formula is C15H17BrF2N2O. The van der Waals surface area contributed by atoms with Gasteiger partial charge in [-0.15, -0.1) is 0 Å². The Morgan fingerprint density at radius 1 is 1.24 bits per heavy atom. The van der Waals surface area contributed by atoms with E-state index in [9.17, 15) is 13.9 Å². The van der Waals surface area contributed by atoms with Gasteiger partial charge in [0.15, 0.2) is 0 Å². The topological polar surface area (TPSA) is 38.0 Å². The van der Waals surface area contributed by atoms with Gasteiger partial charge in [0, 0.05) is 23.1 Å². The number of rotatable bonds is 5. The van der Waals surface area contributed by atoms with Gasteiger partial charge in [-0.05, 0) is 31.5 Å². The summed E-state index contributed by atoms with van der Waals surface area (Å²) in [6, 6.07) is 4.16. The van der Waals surface area contributed by atoms with Crippen LogP contribution in [0.25, 0.3) is 0 Å². The number of aliphatic hydroxyl groups is 1. The van der Waals surface area contributed by atoms with Gasteiger partial charge < -0.3 is 5.11 Å². The molecule has 0 bridgehead atoms. The fraction of sp³-hybridized carbons (Fsp3) is 0.400. The van der Waals surface area contributed by atoms with Gasteiger partial charge >= 0.3 is 0 Å². The first-order valence-electron chi connectivity index (χ1n) is 6.84. The second-order valence-electron chi connectivity index (χ2n) is 4.80. The predicted octanol–water partition coefficient (Wildman–Crippen LogP) is 3.78. The van der Waals surface area contributed by atoms with E-state index in [-0.39, 0.29) is 12.0 Å². The quantitative estimate of drug-likeness (QED) is 0.882. The summed E-state index contributed by atoms with van der Waals surface area (Å²) in [7, 11) is 0. The van der Waals surface area contributed by atoms with E-state index in [0.29, 0.717) is 11.0 Å². The maximum Gasteiger partial charge on any atom is 0.133 e. The number of aliphatic hydroxyl groups excluding tert-OH is 1. The van der Waals surface area contributed by atoms with E-state index in [4.69, 9.17) is 0 Å². The Morgan fingerprint density at radius 2 is 1.86 bits per heavy atom. The summed E-state index contributed by atoms with van der Waals surface area (Å²) >= 11 is 3.02. The Kier molecular flexibility index (Phi) is 5.11. The van der Waals surface area contributed by atoms with Crippen molar-refractivity contribution in [2.75, 3.05) is 0 Å². The highest BCUT2D eigenvalue weighted by Crippen LogP contribution is 2.27. The molecule has 0 spiro atoms. The van der Waals surface area contributed by atoms with Crippen LogP contribution in [0.15, 0.2) is 22.7 Å². The van der Waals surface area contributed by atoms with Crippen LogP contribution in [0.2, 0.25) is 0 Å². The lowest BCUT2D eigenvalue weighted by molar-refractivity contribution is 0.165. The summed E-state index contributed by atoms with van der Waals surface area (Å²) in [5.74, 6) is -1.51. The standard InChI is InChI=1S/C15H17BrF2N2O/c1-3-10-7-11(20(4-2)19-10)8-14(21)15-12(17)5-9(16)6-13(15)18/h5-7,14,21H,3-4,8H2,1-2H3. The van der Waals surface area contributed by atoms with Crippen LogP contribution in [0.4, 0.5) is 8.78 Å². The molecule has 114 valence electrons. The maximum atomic E-state index is 13.9. The number of hydrogen-bond acceptors (Lipinski definition) is 2. The summed E-state index contributed by atoms with van der Waals surface area (Å²) in [5.41, 5.74) is 1.36. The largest absolute Gasteiger partial charge is 0.388 e. The van der Waals surface area contributed by atoms with Gasteiger partial charge in [-0.3, -0.25) is 4.68 Å². The first kappa shape index (κ1) is 16.1. The van der Waals surface area contributed by atoms with Crippen molar-refractivity contribution in [1.29, 1.82) is 0 Å². The van der Waals surface area contributed by atoms with E-state index in [1.807, 2.05) is 19.9 Å². The molecule has 0 radical (unpaired) electrons. The third kappa shape index (κ3) is 3.49. The highest BCUT2D eigenvalue weighted by molar-refractivity contribution is 9.10. The average Bonchev–Trinajstić information content (AvgIpc) is 2.79. The van der Waals surface area contributed by atoms with Crippen LogP contribution in [0, 0.1) is 11.6 Å². The third-order valence-corrected chi connectivity index (χ3v) is 3.81. The average molecular weight is 359 g/mol. The van der Waals surface area contributed by atoms with E-state index < -0.39 is 17.7 Å². The monoisotopic (exact) mass is 358 g/mol. The van der Waals surface area contributed by atoms with Crippen LogP contribution >= 0.6 is 15.9 Å². The van der Waals surface area contributed by atoms with Crippen LogP contribution in [0.3, 0.4) is 0 Å². The zero-order valence-electron chi connectivity index (χ0n) is 11.9. The second-order valence-corrected chi connectivity index (χ2v) is 5.72. The summed E-state index contributed by atoms with van der Waals surface area (Å²) in [6.07, 6.45) is -0.349. The molecule has 6 heteroatoms.